The first-order valence-electron chi connectivity index (χ1n) is 7.28. The highest BCUT2D eigenvalue weighted by Crippen LogP contribution is 2.32. The Balaban J connectivity index is 1.86. The normalized spacial score (nSPS) is 18.8. The van der Waals surface area contributed by atoms with Crippen LogP contribution in [0.2, 0.25) is 10.0 Å². The van der Waals surface area contributed by atoms with Gasteiger partial charge in [0.25, 0.3) is 5.56 Å². The molecule has 2 aromatic rings. The fourth-order valence-electron chi connectivity index (χ4n) is 2.97. The van der Waals surface area contributed by atoms with Crippen molar-refractivity contribution >= 4 is 23.2 Å². The number of rotatable bonds is 3. The average Bonchev–Trinajstić information content (AvgIpc) is 2.96. The molecule has 1 aliphatic heterocycles. The van der Waals surface area contributed by atoms with Gasteiger partial charge >= 0.3 is 0 Å². The van der Waals surface area contributed by atoms with Gasteiger partial charge in [-0.2, -0.15) is 5.10 Å². The second-order valence-electron chi connectivity index (χ2n) is 5.64. The Morgan fingerprint density at radius 2 is 2.18 bits per heavy atom. The van der Waals surface area contributed by atoms with E-state index >= 15 is 0 Å². The number of hydrogen-bond donors (Lipinski definition) is 0. The van der Waals surface area contributed by atoms with Gasteiger partial charge in [-0.3, -0.25) is 9.69 Å². The lowest BCUT2D eigenvalue weighted by atomic mass is 10.0. The fourth-order valence-corrected chi connectivity index (χ4v) is 3.24. The van der Waals surface area contributed by atoms with Crippen LogP contribution in [0.15, 0.2) is 35.3 Å². The summed E-state index contributed by atoms with van der Waals surface area (Å²) in [6.45, 7) is 3.45. The van der Waals surface area contributed by atoms with Gasteiger partial charge in [0.05, 0.1) is 17.9 Å². The summed E-state index contributed by atoms with van der Waals surface area (Å²) in [5.74, 6) is 0. The van der Waals surface area contributed by atoms with Crippen LogP contribution in [0, 0.1) is 6.92 Å². The minimum Gasteiger partial charge on any atom is -0.277 e. The van der Waals surface area contributed by atoms with Crippen LogP contribution in [0.1, 0.15) is 30.0 Å². The molecule has 0 amide bonds. The van der Waals surface area contributed by atoms with E-state index in [1.807, 2.05) is 0 Å². The molecule has 6 heteroatoms. The Hall–Kier alpha value is -1.36. The average molecular weight is 338 g/mol. The molecule has 0 spiro atoms. The van der Waals surface area contributed by atoms with Crippen LogP contribution in [0.3, 0.4) is 0 Å². The van der Waals surface area contributed by atoms with Crippen LogP contribution in [-0.2, 0) is 6.67 Å². The Labute approximate surface area is 139 Å². The molecular formula is C16H17Cl2N3O. The molecule has 2 heterocycles. The van der Waals surface area contributed by atoms with Crippen molar-refractivity contribution in [3.63, 3.8) is 0 Å². The molecule has 22 heavy (non-hydrogen) atoms. The van der Waals surface area contributed by atoms with Gasteiger partial charge in [0.15, 0.2) is 0 Å². The molecule has 1 aliphatic rings. The maximum atomic E-state index is 12.1. The highest BCUT2D eigenvalue weighted by molar-refractivity contribution is 6.41. The number of halogens is 2. The Bertz CT molecular complexity index is 744. The molecule has 1 unspecified atom stereocenters. The van der Waals surface area contributed by atoms with Crippen molar-refractivity contribution in [1.29, 1.82) is 0 Å². The Kier molecular flexibility index (Phi) is 4.52. The molecular weight excluding hydrogens is 321 g/mol. The van der Waals surface area contributed by atoms with E-state index in [-0.39, 0.29) is 15.6 Å². The van der Waals surface area contributed by atoms with E-state index in [2.05, 4.69) is 41.2 Å². The van der Waals surface area contributed by atoms with Crippen molar-refractivity contribution in [2.75, 3.05) is 6.54 Å². The quantitative estimate of drug-likeness (QED) is 0.857. The highest BCUT2D eigenvalue weighted by atomic mass is 35.5. The van der Waals surface area contributed by atoms with Crippen molar-refractivity contribution in [2.45, 2.75) is 32.5 Å². The number of nitrogens with zero attached hydrogens (tertiary/aromatic N) is 3. The van der Waals surface area contributed by atoms with Gasteiger partial charge in [0, 0.05) is 12.6 Å². The Morgan fingerprint density at radius 1 is 1.36 bits per heavy atom. The predicted molar refractivity (Wildman–Crippen MR) is 88.4 cm³/mol. The summed E-state index contributed by atoms with van der Waals surface area (Å²) in [5.41, 5.74) is 2.18. The van der Waals surface area contributed by atoms with Crippen LogP contribution in [-0.4, -0.2) is 21.2 Å². The van der Waals surface area contributed by atoms with Gasteiger partial charge in [-0.15, -0.1) is 0 Å². The van der Waals surface area contributed by atoms with E-state index in [0.717, 1.165) is 19.4 Å². The zero-order valence-electron chi connectivity index (χ0n) is 12.3. The molecule has 3 rings (SSSR count). The molecule has 1 saturated heterocycles. The number of aryl methyl sites for hydroxylation is 1. The van der Waals surface area contributed by atoms with Crippen LogP contribution < -0.4 is 5.56 Å². The third-order valence-electron chi connectivity index (χ3n) is 4.05. The molecule has 1 aromatic carbocycles. The topological polar surface area (TPSA) is 38.1 Å². The first kappa shape index (κ1) is 15.5. The van der Waals surface area contributed by atoms with E-state index in [1.165, 1.54) is 22.0 Å². The molecule has 0 radical (unpaired) electrons. The van der Waals surface area contributed by atoms with Crippen molar-refractivity contribution in [2.24, 2.45) is 0 Å². The third-order valence-corrected chi connectivity index (χ3v) is 4.80. The van der Waals surface area contributed by atoms with E-state index in [4.69, 9.17) is 23.2 Å². The molecule has 1 fully saturated rings. The van der Waals surface area contributed by atoms with Crippen molar-refractivity contribution in [1.82, 2.24) is 14.7 Å². The number of aromatic nitrogens is 2. The minimum absolute atomic E-state index is 0.0305. The molecule has 0 bridgehead atoms. The standard InChI is InChI=1S/C16H17Cl2N3O/c1-11-4-2-5-12(8-11)14-6-3-7-20(14)10-21-16(22)15(18)13(17)9-19-21/h2,4-5,8-9,14H,3,6-7,10H2,1H3. The summed E-state index contributed by atoms with van der Waals surface area (Å²) in [4.78, 5) is 14.4. The van der Waals surface area contributed by atoms with Crippen LogP contribution >= 0.6 is 23.2 Å². The van der Waals surface area contributed by atoms with Crippen molar-refractivity contribution in [3.05, 3.63) is 62.0 Å². The molecule has 0 saturated carbocycles. The highest BCUT2D eigenvalue weighted by Gasteiger charge is 2.26. The summed E-state index contributed by atoms with van der Waals surface area (Å²) in [6.07, 6.45) is 3.61. The smallest absolute Gasteiger partial charge is 0.277 e. The minimum atomic E-state index is -0.343. The van der Waals surface area contributed by atoms with Gasteiger partial charge in [0.1, 0.15) is 5.02 Å². The van der Waals surface area contributed by atoms with Gasteiger partial charge in [0.2, 0.25) is 0 Å². The first-order valence-corrected chi connectivity index (χ1v) is 8.03. The maximum Gasteiger partial charge on any atom is 0.288 e. The lowest BCUT2D eigenvalue weighted by Gasteiger charge is -2.25. The lowest BCUT2D eigenvalue weighted by Crippen LogP contribution is -2.33. The van der Waals surface area contributed by atoms with E-state index in [1.54, 1.807) is 0 Å². The SMILES string of the molecule is Cc1cccc(C2CCCN2Cn2ncc(Cl)c(Cl)c2=O)c1. The summed E-state index contributed by atoms with van der Waals surface area (Å²) >= 11 is 11.7. The van der Waals surface area contributed by atoms with Crippen LogP contribution in [0.5, 0.6) is 0 Å². The largest absolute Gasteiger partial charge is 0.288 e. The fraction of sp³-hybridized carbons (Fsp3) is 0.375. The summed E-state index contributed by atoms with van der Waals surface area (Å²) < 4.78 is 1.38. The second-order valence-corrected chi connectivity index (χ2v) is 6.42. The maximum absolute atomic E-state index is 12.1. The molecule has 1 atom stereocenters. The summed E-state index contributed by atoms with van der Waals surface area (Å²) in [7, 11) is 0. The first-order chi connectivity index (χ1) is 10.6. The van der Waals surface area contributed by atoms with Crippen LogP contribution in [0.25, 0.3) is 0 Å². The predicted octanol–water partition coefficient (Wildman–Crippen LogP) is 3.65. The summed E-state index contributed by atoms with van der Waals surface area (Å²) in [6, 6.07) is 8.82. The molecule has 116 valence electrons. The second kappa shape index (κ2) is 6.41. The third kappa shape index (κ3) is 3.05. The van der Waals surface area contributed by atoms with Crippen molar-refractivity contribution in [3.8, 4) is 0 Å². The molecule has 0 N–H and O–H groups in total. The van der Waals surface area contributed by atoms with E-state index in [9.17, 15) is 4.79 Å². The van der Waals surface area contributed by atoms with Gasteiger partial charge in [-0.05, 0) is 25.3 Å². The van der Waals surface area contributed by atoms with Crippen LogP contribution in [0.4, 0.5) is 0 Å². The number of hydrogen-bond acceptors (Lipinski definition) is 3. The number of benzene rings is 1. The van der Waals surface area contributed by atoms with E-state index in [0.29, 0.717) is 12.7 Å². The molecule has 1 aromatic heterocycles. The lowest BCUT2D eigenvalue weighted by molar-refractivity contribution is 0.187. The summed E-state index contributed by atoms with van der Waals surface area (Å²) in [5, 5.41) is 4.32. The zero-order chi connectivity index (χ0) is 15.7. The van der Waals surface area contributed by atoms with Crippen molar-refractivity contribution < 1.29 is 0 Å². The number of likely N-dealkylation sites (tertiary alicyclic amines) is 1. The molecule has 0 aliphatic carbocycles. The van der Waals surface area contributed by atoms with Gasteiger partial charge < -0.3 is 0 Å². The van der Waals surface area contributed by atoms with E-state index < -0.39 is 0 Å². The van der Waals surface area contributed by atoms with Gasteiger partial charge in [-0.1, -0.05) is 53.0 Å². The van der Waals surface area contributed by atoms with Gasteiger partial charge in [-0.25, -0.2) is 4.68 Å². The monoisotopic (exact) mass is 337 g/mol. The zero-order valence-corrected chi connectivity index (χ0v) is 13.8. The molecule has 4 nitrogen and oxygen atoms in total. The Morgan fingerprint density at radius 3 is 2.95 bits per heavy atom.